The fraction of sp³-hybridized carbons (Fsp3) is 0.409. The minimum atomic E-state index is 0.180. The minimum Gasteiger partial charge on any atom is -0.497 e. The molecule has 1 saturated heterocycles. The summed E-state index contributed by atoms with van der Waals surface area (Å²) in [5, 5.41) is 8.64. The van der Waals surface area contributed by atoms with Crippen molar-refractivity contribution in [2.75, 3.05) is 27.3 Å². The van der Waals surface area contributed by atoms with Gasteiger partial charge in [0.2, 0.25) is 5.91 Å². The molecule has 1 aliphatic rings. The van der Waals surface area contributed by atoms with E-state index >= 15 is 0 Å². The zero-order chi connectivity index (χ0) is 20.2. The van der Waals surface area contributed by atoms with Gasteiger partial charge in [0.1, 0.15) is 17.3 Å². The lowest BCUT2D eigenvalue weighted by Crippen LogP contribution is -2.38. The Balaban J connectivity index is 1.35. The van der Waals surface area contributed by atoms with E-state index in [0.717, 1.165) is 54.5 Å². The molecule has 3 heterocycles. The number of carbonyl (C=O) groups is 1. The van der Waals surface area contributed by atoms with Crippen LogP contribution in [0.2, 0.25) is 0 Å². The van der Waals surface area contributed by atoms with Crippen LogP contribution in [0.1, 0.15) is 36.6 Å². The van der Waals surface area contributed by atoms with Crippen molar-refractivity contribution in [3.8, 4) is 11.5 Å². The summed E-state index contributed by atoms with van der Waals surface area (Å²) in [6.45, 7) is 1.50. The number of carbonyl (C=O) groups excluding carboxylic acids is 1. The molecule has 2 aromatic heterocycles. The topological polar surface area (TPSA) is 69.0 Å². The van der Waals surface area contributed by atoms with Gasteiger partial charge in [0, 0.05) is 31.6 Å². The van der Waals surface area contributed by atoms with Crippen LogP contribution in [0.15, 0.2) is 42.6 Å². The highest BCUT2D eigenvalue weighted by Gasteiger charge is 2.26. The summed E-state index contributed by atoms with van der Waals surface area (Å²) in [6.07, 6.45) is 4.91. The molecule has 0 atom stereocenters. The van der Waals surface area contributed by atoms with E-state index in [0.29, 0.717) is 18.8 Å². The maximum atomic E-state index is 12.8. The molecule has 1 amide bonds. The van der Waals surface area contributed by atoms with Crippen LogP contribution in [-0.4, -0.2) is 52.7 Å². The number of ether oxygens (including phenoxy) is 2. The number of hydrogen-bond acceptors (Lipinski definition) is 5. The molecule has 1 aromatic carbocycles. The summed E-state index contributed by atoms with van der Waals surface area (Å²) in [5.41, 5.74) is 1.86. The Morgan fingerprint density at radius 1 is 1.10 bits per heavy atom. The Bertz CT molecular complexity index is 993. The number of fused-ring (bicyclic) bond motifs is 1. The molecule has 7 heteroatoms. The second-order valence-electron chi connectivity index (χ2n) is 7.32. The van der Waals surface area contributed by atoms with Crippen LogP contribution < -0.4 is 9.47 Å². The van der Waals surface area contributed by atoms with Gasteiger partial charge in [0.15, 0.2) is 5.65 Å². The van der Waals surface area contributed by atoms with Crippen LogP contribution in [-0.2, 0) is 11.2 Å². The molecule has 0 saturated carbocycles. The Morgan fingerprint density at radius 2 is 1.93 bits per heavy atom. The second-order valence-corrected chi connectivity index (χ2v) is 7.32. The van der Waals surface area contributed by atoms with Gasteiger partial charge >= 0.3 is 0 Å². The molecular weight excluding hydrogens is 368 g/mol. The van der Waals surface area contributed by atoms with Crippen molar-refractivity contribution in [1.82, 2.24) is 19.5 Å². The predicted octanol–water partition coefficient (Wildman–Crippen LogP) is 3.09. The first kappa shape index (κ1) is 19.2. The SMILES string of the molecule is COc1ccc(OC)c(CCC(=O)N2CCC(c3nnc4ccccn34)CC2)c1. The van der Waals surface area contributed by atoms with E-state index in [1.807, 2.05) is 47.5 Å². The Labute approximate surface area is 170 Å². The highest BCUT2D eigenvalue weighted by Crippen LogP contribution is 2.28. The molecule has 29 heavy (non-hydrogen) atoms. The van der Waals surface area contributed by atoms with E-state index in [9.17, 15) is 4.79 Å². The Kier molecular flexibility index (Phi) is 5.64. The van der Waals surface area contributed by atoms with Crippen LogP contribution >= 0.6 is 0 Å². The highest BCUT2D eigenvalue weighted by molar-refractivity contribution is 5.76. The van der Waals surface area contributed by atoms with E-state index in [2.05, 4.69) is 14.6 Å². The maximum Gasteiger partial charge on any atom is 0.222 e. The van der Waals surface area contributed by atoms with Crippen molar-refractivity contribution in [2.45, 2.75) is 31.6 Å². The number of aryl methyl sites for hydroxylation is 1. The summed E-state index contributed by atoms with van der Waals surface area (Å²) in [4.78, 5) is 14.7. The van der Waals surface area contributed by atoms with E-state index in [1.165, 1.54) is 0 Å². The van der Waals surface area contributed by atoms with Crippen LogP contribution in [0.4, 0.5) is 0 Å². The molecule has 4 rings (SSSR count). The molecule has 152 valence electrons. The maximum absolute atomic E-state index is 12.8. The minimum absolute atomic E-state index is 0.180. The van der Waals surface area contributed by atoms with Crippen molar-refractivity contribution < 1.29 is 14.3 Å². The largest absolute Gasteiger partial charge is 0.497 e. The van der Waals surface area contributed by atoms with Crippen LogP contribution in [0, 0.1) is 0 Å². The monoisotopic (exact) mass is 394 g/mol. The van der Waals surface area contributed by atoms with E-state index < -0.39 is 0 Å². The number of methoxy groups -OCH3 is 2. The lowest BCUT2D eigenvalue weighted by molar-refractivity contribution is -0.132. The lowest BCUT2D eigenvalue weighted by atomic mass is 9.95. The number of benzene rings is 1. The molecule has 0 radical (unpaired) electrons. The van der Waals surface area contributed by atoms with Gasteiger partial charge < -0.3 is 14.4 Å². The lowest BCUT2D eigenvalue weighted by Gasteiger charge is -2.31. The van der Waals surface area contributed by atoms with E-state index in [-0.39, 0.29) is 5.91 Å². The summed E-state index contributed by atoms with van der Waals surface area (Å²) in [5.74, 6) is 3.06. The van der Waals surface area contributed by atoms with E-state index in [1.54, 1.807) is 14.2 Å². The number of hydrogen-bond donors (Lipinski definition) is 0. The normalized spacial score (nSPS) is 14.9. The third-order valence-corrected chi connectivity index (χ3v) is 5.65. The van der Waals surface area contributed by atoms with Gasteiger partial charge in [0.05, 0.1) is 14.2 Å². The summed E-state index contributed by atoms with van der Waals surface area (Å²) < 4.78 is 12.8. The third-order valence-electron chi connectivity index (χ3n) is 5.65. The average molecular weight is 394 g/mol. The van der Waals surface area contributed by atoms with Gasteiger partial charge in [-0.1, -0.05) is 6.07 Å². The molecule has 3 aromatic rings. The zero-order valence-corrected chi connectivity index (χ0v) is 16.9. The summed E-state index contributed by atoms with van der Waals surface area (Å²) >= 11 is 0. The first-order valence-corrected chi connectivity index (χ1v) is 9.98. The summed E-state index contributed by atoms with van der Waals surface area (Å²) in [7, 11) is 3.28. The summed E-state index contributed by atoms with van der Waals surface area (Å²) in [6, 6.07) is 11.6. The molecule has 0 spiro atoms. The van der Waals surface area contributed by atoms with Gasteiger partial charge in [-0.25, -0.2) is 0 Å². The zero-order valence-electron chi connectivity index (χ0n) is 16.9. The fourth-order valence-corrected chi connectivity index (χ4v) is 4.00. The number of pyridine rings is 1. The quantitative estimate of drug-likeness (QED) is 0.643. The van der Waals surface area contributed by atoms with Crippen LogP contribution in [0.3, 0.4) is 0 Å². The number of amides is 1. The van der Waals surface area contributed by atoms with Gasteiger partial charge in [-0.3, -0.25) is 9.20 Å². The molecule has 0 aliphatic carbocycles. The third kappa shape index (κ3) is 4.04. The predicted molar refractivity (Wildman–Crippen MR) is 109 cm³/mol. The molecule has 0 bridgehead atoms. The first-order chi connectivity index (χ1) is 14.2. The number of likely N-dealkylation sites (tertiary alicyclic amines) is 1. The number of rotatable bonds is 6. The molecule has 0 unspecified atom stereocenters. The first-order valence-electron chi connectivity index (χ1n) is 9.98. The molecule has 1 fully saturated rings. The van der Waals surface area contributed by atoms with Crippen molar-refractivity contribution in [3.63, 3.8) is 0 Å². The smallest absolute Gasteiger partial charge is 0.222 e. The number of aromatic nitrogens is 3. The molecule has 1 aliphatic heterocycles. The van der Waals surface area contributed by atoms with Crippen molar-refractivity contribution in [1.29, 1.82) is 0 Å². The van der Waals surface area contributed by atoms with Crippen LogP contribution in [0.25, 0.3) is 5.65 Å². The Hall–Kier alpha value is -3.09. The van der Waals surface area contributed by atoms with Crippen molar-refractivity contribution in [3.05, 3.63) is 54.0 Å². The van der Waals surface area contributed by atoms with Gasteiger partial charge in [-0.05, 0) is 55.2 Å². The molecular formula is C22H26N4O3. The number of piperidine rings is 1. The van der Waals surface area contributed by atoms with Crippen LogP contribution in [0.5, 0.6) is 11.5 Å². The number of nitrogens with zero attached hydrogens (tertiary/aromatic N) is 4. The van der Waals surface area contributed by atoms with E-state index in [4.69, 9.17) is 9.47 Å². The van der Waals surface area contributed by atoms with Gasteiger partial charge in [-0.15, -0.1) is 10.2 Å². The van der Waals surface area contributed by atoms with Crippen molar-refractivity contribution in [2.24, 2.45) is 0 Å². The Morgan fingerprint density at radius 3 is 2.69 bits per heavy atom. The average Bonchev–Trinajstić information content (AvgIpc) is 3.21. The standard InChI is InChI=1S/C22H26N4O3/c1-28-18-7-8-19(29-2)17(15-18)6-9-21(27)25-13-10-16(11-14-25)22-24-23-20-5-3-4-12-26(20)22/h3-5,7-8,12,15-16H,6,9-11,13-14H2,1-2H3. The molecule has 0 N–H and O–H groups in total. The van der Waals surface area contributed by atoms with Gasteiger partial charge in [-0.2, -0.15) is 0 Å². The van der Waals surface area contributed by atoms with Gasteiger partial charge in [0.25, 0.3) is 0 Å². The fourth-order valence-electron chi connectivity index (χ4n) is 4.00. The van der Waals surface area contributed by atoms with Crippen molar-refractivity contribution >= 4 is 11.6 Å². The highest BCUT2D eigenvalue weighted by atomic mass is 16.5. The second kappa shape index (κ2) is 8.51. The molecule has 7 nitrogen and oxygen atoms in total.